The van der Waals surface area contributed by atoms with Crippen LogP contribution in [0.25, 0.3) is 0 Å². The van der Waals surface area contributed by atoms with Gasteiger partial charge in [0.15, 0.2) is 0 Å². The summed E-state index contributed by atoms with van der Waals surface area (Å²) in [5.41, 5.74) is 1.03. The number of rotatable bonds is 4. The zero-order chi connectivity index (χ0) is 13.0. The minimum Gasteiger partial charge on any atom is -0.392 e. The van der Waals surface area contributed by atoms with Gasteiger partial charge in [0.1, 0.15) is 23.1 Å². The van der Waals surface area contributed by atoms with E-state index in [9.17, 15) is 4.39 Å². The zero-order valence-electron chi connectivity index (χ0n) is 9.40. The SMILES string of the molecule is OCc1ccc(CNc2cc(Cl)ncn2)c(F)c1. The largest absolute Gasteiger partial charge is 0.392 e. The van der Waals surface area contributed by atoms with E-state index in [2.05, 4.69) is 15.3 Å². The van der Waals surface area contributed by atoms with Gasteiger partial charge in [0, 0.05) is 18.2 Å². The first-order valence-corrected chi connectivity index (χ1v) is 5.66. The summed E-state index contributed by atoms with van der Waals surface area (Å²) >= 11 is 5.70. The summed E-state index contributed by atoms with van der Waals surface area (Å²) in [5, 5.41) is 12.1. The van der Waals surface area contributed by atoms with E-state index in [0.717, 1.165) is 0 Å². The van der Waals surface area contributed by atoms with Gasteiger partial charge in [0.2, 0.25) is 0 Å². The lowest BCUT2D eigenvalue weighted by atomic mass is 10.1. The number of nitrogens with one attached hydrogen (secondary N) is 1. The van der Waals surface area contributed by atoms with Gasteiger partial charge < -0.3 is 10.4 Å². The third-order valence-corrected chi connectivity index (χ3v) is 2.60. The van der Waals surface area contributed by atoms with Gasteiger partial charge >= 0.3 is 0 Å². The average molecular weight is 268 g/mol. The average Bonchev–Trinajstić information content (AvgIpc) is 2.37. The van der Waals surface area contributed by atoms with E-state index in [1.54, 1.807) is 18.2 Å². The Bertz CT molecular complexity index is 551. The van der Waals surface area contributed by atoms with E-state index >= 15 is 0 Å². The second kappa shape index (κ2) is 5.75. The third-order valence-electron chi connectivity index (χ3n) is 2.39. The molecule has 0 radical (unpaired) electrons. The molecule has 0 amide bonds. The Kier molecular flexibility index (Phi) is 4.07. The van der Waals surface area contributed by atoms with E-state index in [4.69, 9.17) is 16.7 Å². The highest BCUT2D eigenvalue weighted by Crippen LogP contribution is 2.14. The number of hydrogen-bond donors (Lipinski definition) is 2. The molecule has 0 saturated carbocycles. The van der Waals surface area contributed by atoms with Crippen LogP contribution < -0.4 is 5.32 Å². The first kappa shape index (κ1) is 12.7. The number of benzene rings is 1. The van der Waals surface area contributed by atoms with Crippen molar-refractivity contribution in [1.29, 1.82) is 0 Å². The summed E-state index contributed by atoms with van der Waals surface area (Å²) in [5.74, 6) is 0.162. The first-order chi connectivity index (χ1) is 8.69. The second-order valence-corrected chi connectivity index (χ2v) is 4.05. The van der Waals surface area contributed by atoms with Crippen molar-refractivity contribution in [1.82, 2.24) is 9.97 Å². The summed E-state index contributed by atoms with van der Waals surface area (Å²) in [6.45, 7) is 0.108. The summed E-state index contributed by atoms with van der Waals surface area (Å²) in [7, 11) is 0. The lowest BCUT2D eigenvalue weighted by molar-refractivity contribution is 0.281. The maximum atomic E-state index is 13.6. The van der Waals surface area contributed by atoms with Gasteiger partial charge in [-0.15, -0.1) is 0 Å². The van der Waals surface area contributed by atoms with Crippen LogP contribution in [0.15, 0.2) is 30.6 Å². The number of halogens is 2. The van der Waals surface area contributed by atoms with Gasteiger partial charge in [-0.2, -0.15) is 0 Å². The molecule has 0 bridgehead atoms. The number of aliphatic hydroxyl groups is 1. The molecule has 4 nitrogen and oxygen atoms in total. The molecule has 0 aliphatic rings. The number of aromatic nitrogens is 2. The van der Waals surface area contributed by atoms with Crippen LogP contribution in [0.4, 0.5) is 10.2 Å². The Morgan fingerprint density at radius 1 is 1.28 bits per heavy atom. The smallest absolute Gasteiger partial charge is 0.134 e. The molecule has 18 heavy (non-hydrogen) atoms. The van der Waals surface area contributed by atoms with Crippen LogP contribution in [0.1, 0.15) is 11.1 Å². The van der Waals surface area contributed by atoms with Gasteiger partial charge in [-0.05, 0) is 11.6 Å². The molecular formula is C12H11ClFN3O. The monoisotopic (exact) mass is 267 g/mol. The summed E-state index contributed by atoms with van der Waals surface area (Å²) < 4.78 is 13.6. The van der Waals surface area contributed by atoms with Crippen LogP contribution in [0.5, 0.6) is 0 Å². The van der Waals surface area contributed by atoms with E-state index in [-0.39, 0.29) is 19.0 Å². The van der Waals surface area contributed by atoms with Gasteiger partial charge in [0.25, 0.3) is 0 Å². The fourth-order valence-corrected chi connectivity index (χ4v) is 1.60. The highest BCUT2D eigenvalue weighted by molar-refractivity contribution is 6.29. The first-order valence-electron chi connectivity index (χ1n) is 5.28. The quantitative estimate of drug-likeness (QED) is 0.835. The molecule has 0 unspecified atom stereocenters. The molecule has 0 saturated heterocycles. The maximum absolute atomic E-state index is 13.6. The van der Waals surface area contributed by atoms with Gasteiger partial charge in [0.05, 0.1) is 6.61 Å². The molecule has 1 aromatic heterocycles. The van der Waals surface area contributed by atoms with Crippen LogP contribution in [-0.2, 0) is 13.2 Å². The molecule has 0 fully saturated rings. The van der Waals surface area contributed by atoms with Gasteiger partial charge in [-0.25, -0.2) is 14.4 Å². The molecule has 0 aliphatic heterocycles. The fourth-order valence-electron chi connectivity index (χ4n) is 1.45. The Hall–Kier alpha value is -1.72. The predicted octanol–water partition coefficient (Wildman–Crippen LogP) is 2.37. The molecule has 6 heteroatoms. The van der Waals surface area contributed by atoms with Crippen LogP contribution in [0.2, 0.25) is 5.15 Å². The minimum atomic E-state index is -0.366. The van der Waals surface area contributed by atoms with Crippen molar-refractivity contribution in [3.05, 3.63) is 52.7 Å². The summed E-state index contributed by atoms with van der Waals surface area (Å²) in [6.07, 6.45) is 1.33. The molecule has 0 aliphatic carbocycles. The molecule has 1 heterocycles. The van der Waals surface area contributed by atoms with Crippen LogP contribution in [0, 0.1) is 5.82 Å². The predicted molar refractivity (Wildman–Crippen MR) is 66.7 cm³/mol. The zero-order valence-corrected chi connectivity index (χ0v) is 10.2. The molecule has 2 aromatic rings. The fraction of sp³-hybridized carbons (Fsp3) is 0.167. The lowest BCUT2D eigenvalue weighted by Crippen LogP contribution is -2.04. The van der Waals surface area contributed by atoms with Gasteiger partial charge in [-0.1, -0.05) is 23.7 Å². The molecule has 94 valence electrons. The molecule has 2 rings (SSSR count). The van der Waals surface area contributed by atoms with Crippen molar-refractivity contribution in [2.75, 3.05) is 5.32 Å². The highest BCUT2D eigenvalue weighted by Gasteiger charge is 2.04. The van der Waals surface area contributed by atoms with Crippen molar-refractivity contribution >= 4 is 17.4 Å². The second-order valence-electron chi connectivity index (χ2n) is 3.66. The number of nitrogens with zero attached hydrogens (tertiary/aromatic N) is 2. The van der Waals surface area contributed by atoms with Crippen molar-refractivity contribution in [3.8, 4) is 0 Å². The third kappa shape index (κ3) is 3.15. The van der Waals surface area contributed by atoms with Crippen molar-refractivity contribution in [2.45, 2.75) is 13.2 Å². The Balaban J connectivity index is 2.06. The van der Waals surface area contributed by atoms with Gasteiger partial charge in [-0.3, -0.25) is 0 Å². The molecule has 1 aromatic carbocycles. The van der Waals surface area contributed by atoms with Crippen molar-refractivity contribution in [3.63, 3.8) is 0 Å². The summed E-state index contributed by atoms with van der Waals surface area (Å²) in [4.78, 5) is 7.70. The standard InChI is InChI=1S/C12H11ClFN3O/c13-11-4-12(17-7-16-11)15-5-9-2-1-8(6-18)3-10(9)14/h1-4,7,18H,5-6H2,(H,15,16,17). The van der Waals surface area contributed by atoms with E-state index in [1.807, 2.05) is 0 Å². The molecule has 0 spiro atoms. The van der Waals surface area contributed by atoms with Crippen molar-refractivity contribution < 1.29 is 9.50 Å². The topological polar surface area (TPSA) is 58.0 Å². The molecule has 0 atom stereocenters. The number of aliphatic hydroxyl groups excluding tert-OH is 1. The van der Waals surface area contributed by atoms with Crippen molar-refractivity contribution in [2.24, 2.45) is 0 Å². The van der Waals surface area contributed by atoms with Crippen LogP contribution in [0.3, 0.4) is 0 Å². The number of anilines is 1. The lowest BCUT2D eigenvalue weighted by Gasteiger charge is -2.07. The molecule has 2 N–H and O–H groups in total. The van der Waals surface area contributed by atoms with Crippen LogP contribution >= 0.6 is 11.6 Å². The summed E-state index contributed by atoms with van der Waals surface area (Å²) in [6, 6.07) is 6.16. The Labute approximate surface area is 108 Å². The minimum absolute atomic E-state index is 0.174. The number of hydrogen-bond acceptors (Lipinski definition) is 4. The van der Waals surface area contributed by atoms with E-state index in [1.165, 1.54) is 12.4 Å². The molecular weight excluding hydrogens is 257 g/mol. The van der Waals surface area contributed by atoms with Crippen LogP contribution in [-0.4, -0.2) is 15.1 Å². The van der Waals surface area contributed by atoms with E-state index in [0.29, 0.717) is 22.1 Å². The Morgan fingerprint density at radius 3 is 2.78 bits per heavy atom. The normalized spacial score (nSPS) is 10.4. The maximum Gasteiger partial charge on any atom is 0.134 e. The highest BCUT2D eigenvalue weighted by atomic mass is 35.5. The van der Waals surface area contributed by atoms with E-state index < -0.39 is 0 Å². The Morgan fingerprint density at radius 2 is 2.11 bits per heavy atom.